The quantitative estimate of drug-likeness (QED) is 0.0869. The van der Waals surface area contributed by atoms with Crippen molar-refractivity contribution in [3.05, 3.63) is 82.4 Å². The van der Waals surface area contributed by atoms with Gasteiger partial charge in [-0.1, -0.05) is 70.9 Å². The Labute approximate surface area is 310 Å². The van der Waals surface area contributed by atoms with E-state index in [0.717, 1.165) is 6.07 Å². The van der Waals surface area contributed by atoms with Gasteiger partial charge in [-0.05, 0) is 60.0 Å². The summed E-state index contributed by atoms with van der Waals surface area (Å²) in [4.78, 5) is 62.2. The van der Waals surface area contributed by atoms with Crippen LogP contribution in [0.1, 0.15) is 112 Å². The van der Waals surface area contributed by atoms with Gasteiger partial charge in [-0.2, -0.15) is 18.2 Å². The summed E-state index contributed by atoms with van der Waals surface area (Å²) in [6.07, 6.45) is -4.07. The van der Waals surface area contributed by atoms with Crippen molar-refractivity contribution in [2.24, 2.45) is 17.8 Å². The summed E-state index contributed by atoms with van der Waals surface area (Å²) in [5.41, 5.74) is -1.31. The zero-order valence-electron chi connectivity index (χ0n) is 31.1. The predicted molar refractivity (Wildman–Crippen MR) is 191 cm³/mol. The molecule has 0 saturated carbocycles. The number of fused-ring (bicyclic) bond motifs is 3. The molecule has 2 N–H and O–H groups in total. The van der Waals surface area contributed by atoms with Crippen LogP contribution < -0.4 is 5.32 Å². The number of amides is 1. The van der Waals surface area contributed by atoms with Crippen molar-refractivity contribution in [2.45, 2.75) is 104 Å². The normalized spacial score (nSPS) is 18.0. The first kappa shape index (κ1) is 40.3. The van der Waals surface area contributed by atoms with Gasteiger partial charge in [-0.3, -0.25) is 14.4 Å². The molecule has 4 aromatic rings. The van der Waals surface area contributed by atoms with Gasteiger partial charge in [-0.25, -0.2) is 9.18 Å². The average molecular weight is 755 g/mol. The second-order valence-electron chi connectivity index (χ2n) is 14.4. The van der Waals surface area contributed by atoms with Crippen molar-refractivity contribution in [3.63, 3.8) is 0 Å². The average Bonchev–Trinajstić information content (AvgIpc) is 3.78. The molecule has 54 heavy (non-hydrogen) atoms. The molecule has 2 aromatic heterocycles. The number of para-hydroxylation sites is 1. The summed E-state index contributed by atoms with van der Waals surface area (Å²) >= 11 is 0. The van der Waals surface area contributed by atoms with Crippen LogP contribution in [0, 0.1) is 23.6 Å². The molecular weight excluding hydrogens is 708 g/mol. The van der Waals surface area contributed by atoms with Gasteiger partial charge in [0.05, 0.1) is 17.7 Å². The van der Waals surface area contributed by atoms with E-state index in [1.807, 2.05) is 27.7 Å². The second kappa shape index (κ2) is 16.6. The molecule has 1 aliphatic rings. The number of benzene rings is 2. The molecule has 1 amide bonds. The number of esters is 1. The Hall–Kier alpha value is -4.88. The number of Topliss-reactive ketones (excluding diaryl/α,β-unsaturated/α-hetero) is 2. The van der Waals surface area contributed by atoms with E-state index in [2.05, 4.69) is 20.4 Å². The molecule has 0 radical (unpaired) electrons. The molecule has 290 valence electrons. The summed E-state index contributed by atoms with van der Waals surface area (Å²) in [6.45, 7) is 9.21. The van der Waals surface area contributed by atoms with Crippen molar-refractivity contribution >= 4 is 34.3 Å². The molecule has 2 heterocycles. The monoisotopic (exact) mass is 754 g/mol. The van der Waals surface area contributed by atoms with E-state index in [1.54, 1.807) is 19.1 Å². The van der Waals surface area contributed by atoms with Gasteiger partial charge in [0.1, 0.15) is 17.1 Å². The van der Waals surface area contributed by atoms with Gasteiger partial charge in [-0.15, -0.1) is 0 Å². The SMILES string of the molecule is CCOC(=O)c1noc([C@@H](CC(=O)[C@]2(NC(=O)[C@@H](CC(=O)Cc3ccccc3F)C(C)CC)CCc3[nH]c4c(C(F)(F)F)cccc4c3C2)C(C)CC)n1. The van der Waals surface area contributed by atoms with Crippen molar-refractivity contribution in [3.8, 4) is 0 Å². The van der Waals surface area contributed by atoms with Gasteiger partial charge in [0, 0.05) is 48.6 Å². The number of H-pyrrole nitrogens is 1. The number of rotatable bonds is 16. The first-order chi connectivity index (χ1) is 25.6. The van der Waals surface area contributed by atoms with Crippen LogP contribution in [0.25, 0.3) is 10.9 Å². The molecule has 2 unspecified atom stereocenters. The molecule has 1 aliphatic carbocycles. The number of ketones is 2. The maximum atomic E-state index is 14.9. The van der Waals surface area contributed by atoms with E-state index in [0.29, 0.717) is 29.5 Å². The third-order valence-corrected chi connectivity index (χ3v) is 10.9. The Kier molecular flexibility index (Phi) is 12.4. The van der Waals surface area contributed by atoms with E-state index in [1.165, 1.54) is 24.3 Å². The number of aryl methyl sites for hydroxylation is 1. The smallest absolute Gasteiger partial charge is 0.418 e. The number of alkyl halides is 3. The fourth-order valence-electron chi connectivity index (χ4n) is 7.33. The Morgan fingerprint density at radius 2 is 1.72 bits per heavy atom. The predicted octanol–water partition coefficient (Wildman–Crippen LogP) is 7.88. The number of halogens is 4. The van der Waals surface area contributed by atoms with E-state index in [4.69, 9.17) is 9.26 Å². The highest BCUT2D eigenvalue weighted by molar-refractivity contribution is 5.97. The number of carbonyl (C=O) groups is 4. The van der Waals surface area contributed by atoms with E-state index >= 15 is 0 Å². The fourth-order valence-corrected chi connectivity index (χ4v) is 7.33. The summed E-state index contributed by atoms with van der Waals surface area (Å²) in [5.74, 6) is -4.97. The molecule has 0 fully saturated rings. The third-order valence-electron chi connectivity index (χ3n) is 10.9. The van der Waals surface area contributed by atoms with E-state index in [-0.39, 0.29) is 85.5 Å². The Balaban J connectivity index is 1.53. The maximum absolute atomic E-state index is 14.9. The highest BCUT2D eigenvalue weighted by atomic mass is 19.4. The molecule has 0 spiro atoms. The van der Waals surface area contributed by atoms with Crippen LogP contribution >= 0.6 is 0 Å². The molecule has 14 heteroatoms. The lowest BCUT2D eigenvalue weighted by Crippen LogP contribution is -2.59. The van der Waals surface area contributed by atoms with Gasteiger partial charge >= 0.3 is 12.1 Å². The zero-order valence-corrected chi connectivity index (χ0v) is 31.1. The van der Waals surface area contributed by atoms with Crippen molar-refractivity contribution in [1.29, 1.82) is 0 Å². The third kappa shape index (κ3) is 8.57. The molecular formula is C40H46F4N4O6. The highest BCUT2D eigenvalue weighted by Gasteiger charge is 2.47. The Bertz CT molecular complexity index is 2000. The van der Waals surface area contributed by atoms with Crippen LogP contribution in [-0.4, -0.2) is 50.7 Å². The van der Waals surface area contributed by atoms with E-state index < -0.39 is 52.6 Å². The van der Waals surface area contributed by atoms with Crippen molar-refractivity contribution in [2.75, 3.05) is 6.61 Å². The van der Waals surface area contributed by atoms with Gasteiger partial charge in [0.2, 0.25) is 11.8 Å². The van der Waals surface area contributed by atoms with Crippen molar-refractivity contribution in [1.82, 2.24) is 20.4 Å². The summed E-state index contributed by atoms with van der Waals surface area (Å²) in [7, 11) is 0. The maximum Gasteiger partial charge on any atom is 0.418 e. The molecule has 0 bridgehead atoms. The first-order valence-electron chi connectivity index (χ1n) is 18.4. The Morgan fingerprint density at radius 3 is 2.39 bits per heavy atom. The lowest BCUT2D eigenvalue weighted by molar-refractivity contribution is -0.137. The van der Waals surface area contributed by atoms with Crippen LogP contribution in [0.4, 0.5) is 17.6 Å². The number of ether oxygens (including phenoxy) is 1. The lowest BCUT2D eigenvalue weighted by atomic mass is 9.72. The molecule has 5 rings (SSSR count). The second-order valence-corrected chi connectivity index (χ2v) is 14.4. The van der Waals surface area contributed by atoms with Crippen LogP contribution in [0.2, 0.25) is 0 Å². The highest BCUT2D eigenvalue weighted by Crippen LogP contribution is 2.42. The minimum absolute atomic E-state index is 0.0388. The summed E-state index contributed by atoms with van der Waals surface area (Å²) in [5, 5.41) is 7.09. The molecule has 0 saturated heterocycles. The van der Waals surface area contributed by atoms with Gasteiger partial charge in [0.25, 0.3) is 5.82 Å². The number of aromatic amines is 1. The number of nitrogens with one attached hydrogen (secondary N) is 2. The summed E-state index contributed by atoms with van der Waals surface area (Å²) < 4.78 is 67.1. The van der Waals surface area contributed by atoms with Crippen LogP contribution in [0.5, 0.6) is 0 Å². The largest absolute Gasteiger partial charge is 0.460 e. The molecule has 5 atom stereocenters. The fraction of sp³-hybridized carbons (Fsp3) is 0.500. The molecule has 0 aliphatic heterocycles. The molecule has 2 aromatic carbocycles. The number of carbonyl (C=O) groups excluding carboxylic acids is 4. The first-order valence-corrected chi connectivity index (χ1v) is 18.4. The van der Waals surface area contributed by atoms with Crippen LogP contribution in [-0.2, 0) is 44.6 Å². The minimum atomic E-state index is -4.64. The topological polar surface area (TPSA) is 144 Å². The van der Waals surface area contributed by atoms with E-state index in [9.17, 15) is 36.7 Å². The van der Waals surface area contributed by atoms with Crippen molar-refractivity contribution < 1.29 is 46.0 Å². The van der Waals surface area contributed by atoms with Gasteiger partial charge in [0.15, 0.2) is 5.78 Å². The standard InChI is InChI=1S/C40H46F4N4O6/c1-6-22(4)27(19-25(49)18-24-12-9-10-15-31(24)41)36(51)47-39(17-16-32-29(21-39)26-13-11-14-30(34(26)45-32)40(42,43)44)33(50)20-28(23(5)7-2)37-46-35(48-54-37)38(52)53-8-3/h9-15,22-23,27-28,45H,6-8,16-21H2,1-5H3,(H,47,51)/t22?,23?,27-,28-,39-/m0/s1. The van der Waals surface area contributed by atoms with Crippen LogP contribution in [0.3, 0.4) is 0 Å². The zero-order chi connectivity index (χ0) is 39.4. The summed E-state index contributed by atoms with van der Waals surface area (Å²) in [6, 6.07) is 9.77. The number of hydrogen-bond acceptors (Lipinski definition) is 8. The number of hydrogen-bond donors (Lipinski definition) is 2. The van der Waals surface area contributed by atoms with Gasteiger partial charge < -0.3 is 19.6 Å². The molecule has 10 nitrogen and oxygen atoms in total. The number of nitrogens with zero attached hydrogens (tertiary/aromatic N) is 2. The van der Waals surface area contributed by atoms with Crippen LogP contribution in [0.15, 0.2) is 47.0 Å². The lowest BCUT2D eigenvalue weighted by Gasteiger charge is -2.39. The minimum Gasteiger partial charge on any atom is -0.460 e. The number of aromatic nitrogens is 3. The Morgan fingerprint density at radius 1 is 1.00 bits per heavy atom.